The lowest BCUT2D eigenvalue weighted by Gasteiger charge is -2.71. The topological polar surface area (TPSA) is 126 Å². The summed E-state index contributed by atoms with van der Waals surface area (Å²) in [6, 6.07) is 0. The number of ether oxygens (including phenoxy) is 3. The third kappa shape index (κ3) is 3.89. The highest BCUT2D eigenvalue weighted by Gasteiger charge is 2.81. The molecule has 204 valence electrons. The van der Waals surface area contributed by atoms with Gasteiger partial charge in [-0.3, -0.25) is 14.5 Å². The van der Waals surface area contributed by atoms with Gasteiger partial charge >= 0.3 is 5.97 Å². The number of nitrogens with zero attached hydrogens (tertiary/aromatic N) is 1. The van der Waals surface area contributed by atoms with Crippen molar-refractivity contribution in [3.63, 3.8) is 0 Å². The predicted molar refractivity (Wildman–Crippen MR) is 131 cm³/mol. The first-order chi connectivity index (χ1) is 16.7. The predicted octanol–water partition coefficient (Wildman–Crippen LogP) is 1.22. The summed E-state index contributed by atoms with van der Waals surface area (Å²) in [6.45, 7) is 15.8. The molecule has 0 aromatic heterocycles. The fourth-order valence-electron chi connectivity index (χ4n) is 7.69. The van der Waals surface area contributed by atoms with E-state index in [0.717, 1.165) is 13.1 Å². The van der Waals surface area contributed by atoms with E-state index in [1.807, 2.05) is 13.8 Å². The molecule has 2 saturated heterocycles. The van der Waals surface area contributed by atoms with Gasteiger partial charge in [-0.05, 0) is 32.1 Å². The number of Topliss-reactive ketones (excluding diaryl/α,β-unsaturated/α-hetero) is 1. The van der Waals surface area contributed by atoms with Gasteiger partial charge < -0.3 is 29.5 Å². The maximum absolute atomic E-state index is 13.8. The van der Waals surface area contributed by atoms with E-state index in [1.54, 1.807) is 13.8 Å². The largest absolute Gasteiger partial charge is 0.459 e. The highest BCUT2D eigenvalue weighted by molar-refractivity contribution is 5.92. The van der Waals surface area contributed by atoms with E-state index in [1.165, 1.54) is 13.0 Å². The molecule has 2 aliphatic heterocycles. The zero-order valence-electron chi connectivity index (χ0n) is 22.3. The van der Waals surface area contributed by atoms with Gasteiger partial charge in [0, 0.05) is 37.4 Å². The minimum atomic E-state index is -2.21. The highest BCUT2D eigenvalue weighted by atomic mass is 16.6. The number of morpholine rings is 1. The van der Waals surface area contributed by atoms with Crippen LogP contribution in [0.5, 0.6) is 0 Å². The first-order valence-corrected chi connectivity index (χ1v) is 13.1. The summed E-state index contributed by atoms with van der Waals surface area (Å²) >= 11 is 0. The molecule has 0 aromatic carbocycles. The average Bonchev–Trinajstić information content (AvgIpc) is 2.82. The SMILES string of the molecule is C=C[C@@]1(C)CC(=O)[C@]2(O)C3(C)C(C(OC(=O)CCN4CCOCC4)C(O)[C@@]2(C)O1)C(C)(C)CC[C@@H]3O. The van der Waals surface area contributed by atoms with Crippen LogP contribution in [0.25, 0.3) is 0 Å². The number of hydrogen-bond donors (Lipinski definition) is 3. The van der Waals surface area contributed by atoms with Crippen LogP contribution in [0.2, 0.25) is 0 Å². The van der Waals surface area contributed by atoms with Crippen molar-refractivity contribution in [3.8, 4) is 0 Å². The molecule has 4 fully saturated rings. The van der Waals surface area contributed by atoms with Crippen LogP contribution >= 0.6 is 0 Å². The van der Waals surface area contributed by atoms with E-state index >= 15 is 0 Å². The molecule has 0 spiro atoms. The van der Waals surface area contributed by atoms with Crippen molar-refractivity contribution in [1.82, 2.24) is 4.90 Å². The van der Waals surface area contributed by atoms with Crippen molar-refractivity contribution in [2.45, 2.75) is 95.4 Å². The molecular formula is C27H43NO8. The molecule has 9 nitrogen and oxygen atoms in total. The smallest absolute Gasteiger partial charge is 0.307 e. The molecule has 2 saturated carbocycles. The first kappa shape index (κ1) is 27.7. The van der Waals surface area contributed by atoms with Gasteiger partial charge in [0.15, 0.2) is 11.4 Å². The standard InChI is InChI=1S/C27H43NO8/c1-7-24(4)16-18(30)27(33)25(5)17(29)8-10-23(2,3)21(25)20(22(32)26(27,6)36-24)35-19(31)9-11-28-12-14-34-15-13-28/h7,17,20-22,29,32-33H,1,8-16H2,2-6H3/t17-,20?,21?,22?,24-,25?,26+,27-/m0/s1. The quantitative estimate of drug-likeness (QED) is 0.370. The molecule has 2 heterocycles. The van der Waals surface area contributed by atoms with Gasteiger partial charge in [-0.15, -0.1) is 6.58 Å². The van der Waals surface area contributed by atoms with Crippen LogP contribution in [-0.4, -0.2) is 99.9 Å². The second-order valence-electron chi connectivity index (χ2n) is 12.4. The number of carbonyl (C=O) groups is 2. The van der Waals surface area contributed by atoms with Crippen molar-refractivity contribution in [2.24, 2.45) is 16.7 Å². The molecule has 0 bridgehead atoms. The van der Waals surface area contributed by atoms with Crippen molar-refractivity contribution >= 4 is 11.8 Å². The van der Waals surface area contributed by atoms with Gasteiger partial charge in [0.1, 0.15) is 17.8 Å². The fourth-order valence-corrected chi connectivity index (χ4v) is 7.69. The molecule has 0 radical (unpaired) electrons. The summed E-state index contributed by atoms with van der Waals surface area (Å²) in [5.41, 5.74) is -7.18. The Labute approximate surface area is 213 Å². The molecule has 36 heavy (non-hydrogen) atoms. The molecule has 8 atom stereocenters. The number of fused-ring (bicyclic) bond motifs is 3. The van der Waals surface area contributed by atoms with Crippen LogP contribution < -0.4 is 0 Å². The summed E-state index contributed by atoms with van der Waals surface area (Å²) < 4.78 is 17.7. The Morgan fingerprint density at radius 1 is 1.19 bits per heavy atom. The maximum atomic E-state index is 13.8. The summed E-state index contributed by atoms with van der Waals surface area (Å²) in [7, 11) is 0. The lowest BCUT2D eigenvalue weighted by molar-refractivity contribution is -0.370. The van der Waals surface area contributed by atoms with Crippen LogP contribution in [0.15, 0.2) is 12.7 Å². The van der Waals surface area contributed by atoms with E-state index in [2.05, 4.69) is 11.5 Å². The normalized spacial score (nSPS) is 46.9. The zero-order valence-corrected chi connectivity index (χ0v) is 22.3. The molecule has 4 rings (SSSR count). The summed E-state index contributed by atoms with van der Waals surface area (Å²) in [5.74, 6) is -1.69. The van der Waals surface area contributed by atoms with Crippen LogP contribution in [0, 0.1) is 16.7 Å². The van der Waals surface area contributed by atoms with Gasteiger partial charge in [-0.25, -0.2) is 0 Å². The summed E-state index contributed by atoms with van der Waals surface area (Å²) in [6.07, 6.45) is -1.27. The minimum absolute atomic E-state index is 0.126. The Balaban J connectivity index is 1.74. The van der Waals surface area contributed by atoms with Crippen LogP contribution in [0.4, 0.5) is 0 Å². The number of carbonyl (C=O) groups excluding carboxylic acids is 2. The summed E-state index contributed by atoms with van der Waals surface area (Å²) in [4.78, 5) is 29.0. The molecule has 0 amide bonds. The second kappa shape index (κ2) is 9.13. The van der Waals surface area contributed by atoms with Crippen molar-refractivity contribution in [3.05, 3.63) is 12.7 Å². The summed E-state index contributed by atoms with van der Waals surface area (Å²) in [5, 5.41) is 35.5. The lowest BCUT2D eigenvalue weighted by atomic mass is 9.40. The number of aliphatic hydroxyl groups is 3. The second-order valence-corrected chi connectivity index (χ2v) is 12.4. The Morgan fingerprint density at radius 3 is 2.44 bits per heavy atom. The van der Waals surface area contributed by atoms with Crippen LogP contribution in [0.1, 0.15) is 60.3 Å². The van der Waals surface area contributed by atoms with Crippen LogP contribution in [-0.2, 0) is 23.8 Å². The van der Waals surface area contributed by atoms with Crippen molar-refractivity contribution < 1.29 is 39.1 Å². The average molecular weight is 510 g/mol. The van der Waals surface area contributed by atoms with E-state index in [9.17, 15) is 24.9 Å². The Bertz CT molecular complexity index is 902. The minimum Gasteiger partial charge on any atom is -0.459 e. The van der Waals surface area contributed by atoms with E-state index < -0.39 is 63.6 Å². The zero-order chi connectivity index (χ0) is 26.7. The number of rotatable bonds is 5. The molecule has 9 heteroatoms. The van der Waals surface area contributed by atoms with E-state index in [-0.39, 0.29) is 12.8 Å². The highest BCUT2D eigenvalue weighted by Crippen LogP contribution is 2.67. The molecule has 4 unspecified atom stereocenters. The first-order valence-electron chi connectivity index (χ1n) is 13.1. The van der Waals surface area contributed by atoms with Gasteiger partial charge in [0.05, 0.1) is 31.3 Å². The van der Waals surface area contributed by atoms with E-state index in [4.69, 9.17) is 14.2 Å². The van der Waals surface area contributed by atoms with Gasteiger partial charge in [-0.2, -0.15) is 0 Å². The van der Waals surface area contributed by atoms with Crippen molar-refractivity contribution in [1.29, 1.82) is 0 Å². The number of esters is 1. The van der Waals surface area contributed by atoms with Gasteiger partial charge in [0.25, 0.3) is 0 Å². The monoisotopic (exact) mass is 509 g/mol. The number of aliphatic hydroxyl groups excluding tert-OH is 2. The Hall–Kier alpha value is -1.36. The Morgan fingerprint density at radius 2 is 1.83 bits per heavy atom. The molecule has 4 aliphatic rings. The van der Waals surface area contributed by atoms with Crippen molar-refractivity contribution in [2.75, 3.05) is 32.8 Å². The fraction of sp³-hybridized carbons (Fsp3) is 0.852. The van der Waals surface area contributed by atoms with E-state index in [0.29, 0.717) is 32.6 Å². The third-order valence-corrected chi connectivity index (χ3v) is 9.74. The molecular weight excluding hydrogens is 466 g/mol. The lowest BCUT2D eigenvalue weighted by Crippen LogP contribution is -2.86. The Kier molecular flexibility index (Phi) is 7.02. The molecule has 3 N–H and O–H groups in total. The molecule has 0 aromatic rings. The number of hydrogen-bond acceptors (Lipinski definition) is 9. The molecule has 2 aliphatic carbocycles. The van der Waals surface area contributed by atoms with Gasteiger partial charge in [-0.1, -0.05) is 26.8 Å². The number of ketones is 1. The van der Waals surface area contributed by atoms with Gasteiger partial charge in [0.2, 0.25) is 0 Å². The van der Waals surface area contributed by atoms with Crippen LogP contribution in [0.3, 0.4) is 0 Å². The maximum Gasteiger partial charge on any atom is 0.307 e. The third-order valence-electron chi connectivity index (χ3n) is 9.74.